The van der Waals surface area contributed by atoms with E-state index in [1.54, 1.807) is 24.3 Å². The van der Waals surface area contributed by atoms with Crippen molar-refractivity contribution in [2.24, 2.45) is 5.92 Å². The van der Waals surface area contributed by atoms with Crippen molar-refractivity contribution in [1.82, 2.24) is 10.9 Å². The average molecular weight is 395 g/mol. The highest BCUT2D eigenvalue weighted by atomic mass is 16.7. The van der Waals surface area contributed by atoms with E-state index in [0.717, 1.165) is 11.1 Å². The van der Waals surface area contributed by atoms with Crippen molar-refractivity contribution in [3.05, 3.63) is 53.1 Å². The highest BCUT2D eigenvalue weighted by molar-refractivity contribution is 6.01. The number of carbonyl (C=O) groups is 3. The fraction of sp³-hybridized carbons (Fsp3) is 0.286. The van der Waals surface area contributed by atoms with Gasteiger partial charge < -0.3 is 14.4 Å². The lowest BCUT2D eigenvalue weighted by molar-refractivity contribution is -0.126. The monoisotopic (exact) mass is 395 g/mol. The Hall–Kier alpha value is -3.55. The van der Waals surface area contributed by atoms with Gasteiger partial charge in [0.25, 0.3) is 5.91 Å². The average Bonchev–Trinajstić information content (AvgIpc) is 3.31. The summed E-state index contributed by atoms with van der Waals surface area (Å²) >= 11 is 0. The van der Waals surface area contributed by atoms with Crippen LogP contribution in [0.1, 0.15) is 27.9 Å². The van der Waals surface area contributed by atoms with Gasteiger partial charge in [0, 0.05) is 30.3 Å². The summed E-state index contributed by atoms with van der Waals surface area (Å²) in [6.45, 7) is 4.16. The van der Waals surface area contributed by atoms with E-state index in [9.17, 15) is 14.4 Å². The topological polar surface area (TPSA) is 97.0 Å². The number of hydrogen-bond donors (Lipinski definition) is 2. The third-order valence-corrected chi connectivity index (χ3v) is 5.09. The second-order valence-corrected chi connectivity index (χ2v) is 7.20. The molecule has 2 N–H and O–H groups in total. The minimum atomic E-state index is -0.563. The number of rotatable bonds is 3. The van der Waals surface area contributed by atoms with E-state index in [4.69, 9.17) is 9.47 Å². The van der Waals surface area contributed by atoms with E-state index in [2.05, 4.69) is 10.9 Å². The Morgan fingerprint density at radius 2 is 1.83 bits per heavy atom. The van der Waals surface area contributed by atoms with Gasteiger partial charge >= 0.3 is 0 Å². The van der Waals surface area contributed by atoms with E-state index >= 15 is 0 Å². The molecule has 2 aliphatic rings. The lowest BCUT2D eigenvalue weighted by Crippen LogP contribution is -2.45. The molecule has 0 saturated carbocycles. The minimum Gasteiger partial charge on any atom is -0.454 e. The fourth-order valence-corrected chi connectivity index (χ4v) is 3.54. The van der Waals surface area contributed by atoms with Gasteiger partial charge in [-0.15, -0.1) is 0 Å². The van der Waals surface area contributed by atoms with Crippen molar-refractivity contribution in [2.45, 2.75) is 20.3 Å². The molecule has 2 aromatic rings. The molecule has 1 fully saturated rings. The van der Waals surface area contributed by atoms with Crippen molar-refractivity contribution < 1.29 is 23.9 Å². The number of anilines is 1. The van der Waals surface area contributed by atoms with Gasteiger partial charge in [0.15, 0.2) is 11.5 Å². The molecule has 8 nitrogen and oxygen atoms in total. The normalized spacial score (nSPS) is 17.4. The van der Waals surface area contributed by atoms with Gasteiger partial charge in [-0.1, -0.05) is 17.7 Å². The number of ether oxygens (including phenoxy) is 2. The third kappa shape index (κ3) is 3.73. The summed E-state index contributed by atoms with van der Waals surface area (Å²) in [5.74, 6) is -0.322. The number of fused-ring (bicyclic) bond motifs is 1. The molecule has 0 bridgehead atoms. The molecule has 0 aliphatic carbocycles. The molecule has 2 heterocycles. The highest BCUT2D eigenvalue weighted by Crippen LogP contribution is 2.37. The van der Waals surface area contributed by atoms with Crippen LogP contribution in [0.3, 0.4) is 0 Å². The maximum absolute atomic E-state index is 12.5. The molecule has 1 saturated heterocycles. The molecule has 0 aromatic heterocycles. The summed E-state index contributed by atoms with van der Waals surface area (Å²) < 4.78 is 10.6. The predicted molar refractivity (Wildman–Crippen MR) is 105 cm³/mol. The number of amides is 3. The maximum Gasteiger partial charge on any atom is 0.269 e. The predicted octanol–water partition coefficient (Wildman–Crippen LogP) is 1.85. The van der Waals surface area contributed by atoms with Crippen molar-refractivity contribution in [3.8, 4) is 11.5 Å². The van der Waals surface area contributed by atoms with Gasteiger partial charge in [0.2, 0.25) is 18.6 Å². The zero-order chi connectivity index (χ0) is 20.5. The van der Waals surface area contributed by atoms with Crippen molar-refractivity contribution in [1.29, 1.82) is 0 Å². The van der Waals surface area contributed by atoms with E-state index in [-0.39, 0.29) is 25.7 Å². The summed E-state index contributed by atoms with van der Waals surface area (Å²) in [6, 6.07) is 10.7. The zero-order valence-electron chi connectivity index (χ0n) is 16.2. The molecule has 4 rings (SSSR count). The van der Waals surface area contributed by atoms with Crippen molar-refractivity contribution >= 4 is 23.4 Å². The molecular weight excluding hydrogens is 374 g/mol. The second kappa shape index (κ2) is 7.46. The quantitative estimate of drug-likeness (QED) is 0.773. The molecular formula is C21H21N3O5. The molecule has 0 spiro atoms. The van der Waals surface area contributed by atoms with Crippen LogP contribution in [-0.2, 0) is 9.59 Å². The van der Waals surface area contributed by atoms with Crippen LogP contribution < -0.4 is 25.2 Å². The van der Waals surface area contributed by atoms with Gasteiger partial charge in [0.05, 0.1) is 5.92 Å². The largest absolute Gasteiger partial charge is 0.454 e. The van der Waals surface area contributed by atoms with Crippen LogP contribution >= 0.6 is 0 Å². The number of nitrogens with zero attached hydrogens (tertiary/aromatic N) is 1. The number of hydrazine groups is 1. The maximum atomic E-state index is 12.5. The fourth-order valence-electron chi connectivity index (χ4n) is 3.54. The van der Waals surface area contributed by atoms with Gasteiger partial charge in [-0.05, 0) is 37.6 Å². The van der Waals surface area contributed by atoms with E-state index in [1.807, 2.05) is 26.0 Å². The molecule has 1 atom stereocenters. The Balaban J connectivity index is 1.37. The summed E-state index contributed by atoms with van der Waals surface area (Å²) in [5, 5.41) is 0. The number of hydrogen-bond acceptors (Lipinski definition) is 5. The summed E-state index contributed by atoms with van der Waals surface area (Å²) in [5.41, 5.74) is 7.88. The molecule has 8 heteroatoms. The van der Waals surface area contributed by atoms with E-state index in [1.165, 1.54) is 4.90 Å². The summed E-state index contributed by atoms with van der Waals surface area (Å²) in [6.07, 6.45) is 0.0692. The van der Waals surface area contributed by atoms with Crippen LogP contribution in [0.4, 0.5) is 5.69 Å². The lowest BCUT2D eigenvalue weighted by atomic mass is 10.1. The Bertz CT molecular complexity index is 1000. The molecule has 3 amide bonds. The molecule has 0 unspecified atom stereocenters. The molecule has 150 valence electrons. The Kier molecular flexibility index (Phi) is 4.84. The van der Waals surface area contributed by atoms with Crippen LogP contribution in [0.5, 0.6) is 11.5 Å². The number of nitrogens with one attached hydrogen (secondary N) is 2. The van der Waals surface area contributed by atoms with Crippen molar-refractivity contribution in [2.75, 3.05) is 18.2 Å². The highest BCUT2D eigenvalue weighted by Gasteiger charge is 2.36. The Labute approximate surface area is 167 Å². The molecule has 29 heavy (non-hydrogen) atoms. The van der Waals surface area contributed by atoms with Crippen LogP contribution in [0, 0.1) is 19.8 Å². The van der Waals surface area contributed by atoms with Gasteiger partial charge in [-0.3, -0.25) is 25.2 Å². The number of carbonyl (C=O) groups excluding carboxylic acids is 3. The first-order valence-corrected chi connectivity index (χ1v) is 9.30. The first-order chi connectivity index (χ1) is 13.9. The summed E-state index contributed by atoms with van der Waals surface area (Å²) in [7, 11) is 0. The van der Waals surface area contributed by atoms with Crippen LogP contribution in [0.15, 0.2) is 36.4 Å². The molecule has 2 aliphatic heterocycles. The zero-order valence-corrected chi connectivity index (χ0v) is 16.2. The van der Waals surface area contributed by atoms with Crippen LogP contribution in [-0.4, -0.2) is 31.1 Å². The smallest absolute Gasteiger partial charge is 0.269 e. The Morgan fingerprint density at radius 3 is 2.62 bits per heavy atom. The third-order valence-electron chi connectivity index (χ3n) is 5.09. The molecule has 0 radical (unpaired) electrons. The van der Waals surface area contributed by atoms with E-state index in [0.29, 0.717) is 22.7 Å². The van der Waals surface area contributed by atoms with Gasteiger partial charge in [-0.25, -0.2) is 0 Å². The summed E-state index contributed by atoms with van der Waals surface area (Å²) in [4.78, 5) is 38.8. The molecule has 2 aromatic carbocycles. The first-order valence-electron chi connectivity index (χ1n) is 9.30. The lowest BCUT2D eigenvalue weighted by Gasteiger charge is -2.17. The Morgan fingerprint density at radius 1 is 1.03 bits per heavy atom. The second-order valence-electron chi connectivity index (χ2n) is 7.20. The number of benzene rings is 2. The van der Waals surface area contributed by atoms with Gasteiger partial charge in [-0.2, -0.15) is 0 Å². The standard InChI is InChI=1S/C21H21N3O5/c1-12-3-5-16(13(2)7-12)21(27)23-22-20(26)14-8-19(25)24(10-14)15-4-6-17-18(9-15)29-11-28-17/h3-7,9,14H,8,10-11H2,1-2H3,(H,22,26)(H,23,27)/t14-/m0/s1. The van der Waals surface area contributed by atoms with Crippen LogP contribution in [0.25, 0.3) is 0 Å². The van der Waals surface area contributed by atoms with Crippen LogP contribution in [0.2, 0.25) is 0 Å². The number of aryl methyl sites for hydroxylation is 2. The SMILES string of the molecule is Cc1ccc(C(=O)NNC(=O)[C@H]2CC(=O)N(c3ccc4c(c3)OCO4)C2)c(C)c1. The van der Waals surface area contributed by atoms with Gasteiger partial charge in [0.1, 0.15) is 0 Å². The van der Waals surface area contributed by atoms with Crippen molar-refractivity contribution in [3.63, 3.8) is 0 Å². The first kappa shape index (κ1) is 18.8. The van der Waals surface area contributed by atoms with E-state index < -0.39 is 17.7 Å². The minimum absolute atomic E-state index is 0.0692.